The Morgan fingerprint density at radius 2 is 2.14 bits per heavy atom. The minimum absolute atomic E-state index is 0.0993. The van der Waals surface area contributed by atoms with E-state index in [9.17, 15) is 18.7 Å². The summed E-state index contributed by atoms with van der Waals surface area (Å²) in [5.41, 5.74) is 0. The van der Waals surface area contributed by atoms with Gasteiger partial charge in [-0.25, -0.2) is 8.78 Å². The van der Waals surface area contributed by atoms with Crippen LogP contribution in [0.5, 0.6) is 0 Å². The van der Waals surface area contributed by atoms with Gasteiger partial charge in [0.05, 0.1) is 12.5 Å². The summed E-state index contributed by atoms with van der Waals surface area (Å²) in [5.74, 6) is -3.76. The van der Waals surface area contributed by atoms with Gasteiger partial charge in [-0.2, -0.15) is 0 Å². The number of hydrogen-bond acceptors (Lipinski definition) is 5. The Balaban J connectivity index is 1.61. The van der Waals surface area contributed by atoms with Gasteiger partial charge in [0.1, 0.15) is 12.2 Å². The molecule has 0 aromatic rings. The van der Waals surface area contributed by atoms with Gasteiger partial charge in [0.2, 0.25) is 0 Å². The number of alkyl halides is 2. The molecule has 29 heavy (non-hydrogen) atoms. The van der Waals surface area contributed by atoms with Gasteiger partial charge >= 0.3 is 5.97 Å². The van der Waals surface area contributed by atoms with Crippen LogP contribution in [0, 0.1) is 11.8 Å². The zero-order chi connectivity index (χ0) is 20.9. The van der Waals surface area contributed by atoms with Gasteiger partial charge in [-0.1, -0.05) is 38.3 Å². The summed E-state index contributed by atoms with van der Waals surface area (Å²) in [7, 11) is 0. The van der Waals surface area contributed by atoms with E-state index in [2.05, 4.69) is 0 Å². The van der Waals surface area contributed by atoms with Crippen LogP contribution in [0.4, 0.5) is 8.78 Å². The summed E-state index contributed by atoms with van der Waals surface area (Å²) in [5, 5.41) is 10.1. The molecule has 0 radical (unpaired) electrons. The van der Waals surface area contributed by atoms with Crippen molar-refractivity contribution in [3.63, 3.8) is 0 Å². The predicted octanol–water partition coefficient (Wildman–Crippen LogP) is 4.37. The van der Waals surface area contributed by atoms with E-state index in [0.717, 1.165) is 38.5 Å². The van der Waals surface area contributed by atoms with Crippen LogP contribution in [-0.2, 0) is 19.0 Å². The van der Waals surface area contributed by atoms with Gasteiger partial charge < -0.3 is 19.3 Å². The Bertz CT molecular complexity index is 561. The highest BCUT2D eigenvalue weighted by molar-refractivity contribution is 5.72. The van der Waals surface area contributed by atoms with E-state index in [4.69, 9.17) is 14.2 Å². The van der Waals surface area contributed by atoms with Crippen LogP contribution in [-0.4, -0.2) is 48.2 Å². The van der Waals surface area contributed by atoms with Gasteiger partial charge in [0.25, 0.3) is 5.92 Å². The average Bonchev–Trinajstić information content (AvgIpc) is 3.19. The Hall–Kier alpha value is -1.05. The fourth-order valence-electron chi connectivity index (χ4n) is 4.63. The van der Waals surface area contributed by atoms with Gasteiger partial charge in [-0.3, -0.25) is 4.79 Å². The number of halogens is 2. The molecule has 3 rings (SSSR count). The largest absolute Gasteiger partial charge is 0.462 e. The maximum absolute atomic E-state index is 14.3. The van der Waals surface area contributed by atoms with E-state index in [0.29, 0.717) is 19.4 Å². The second-order valence-corrected chi connectivity index (χ2v) is 8.58. The monoisotopic (exact) mass is 416 g/mol. The van der Waals surface area contributed by atoms with Crippen LogP contribution in [0.2, 0.25) is 0 Å². The molecule has 0 bridgehead atoms. The van der Waals surface area contributed by atoms with Crippen molar-refractivity contribution in [3.8, 4) is 0 Å². The molecule has 0 aromatic carbocycles. The van der Waals surface area contributed by atoms with Gasteiger partial charge in [0, 0.05) is 31.3 Å². The summed E-state index contributed by atoms with van der Waals surface area (Å²) in [6, 6.07) is 0. The standard InChI is InChI=1S/C22H34F2O5/c1-2-3-4-6-11-22(23,24)19(25)10-9-15-16-13-20(26)28-18(16)14-17(15)29-21-8-5-7-12-27-21/h9-10,15-19,21,25H,2-8,11-14H2,1H3/b10-9+/t15-,16?,17?,18?,19?,21?/m1/s1. The zero-order valence-corrected chi connectivity index (χ0v) is 17.2. The molecular weight excluding hydrogens is 382 g/mol. The van der Waals surface area contributed by atoms with Crippen molar-refractivity contribution in [2.45, 2.75) is 102 Å². The number of carbonyl (C=O) groups excluding carboxylic acids is 1. The molecule has 7 heteroatoms. The van der Waals surface area contributed by atoms with E-state index in [-0.39, 0.29) is 49.1 Å². The van der Waals surface area contributed by atoms with E-state index in [1.165, 1.54) is 6.08 Å². The molecule has 1 aliphatic carbocycles. The normalized spacial score (nSPS) is 33.8. The van der Waals surface area contributed by atoms with Gasteiger partial charge in [-0.05, 0) is 25.7 Å². The van der Waals surface area contributed by atoms with Crippen molar-refractivity contribution in [2.24, 2.45) is 11.8 Å². The molecule has 1 N–H and O–H groups in total. The van der Waals surface area contributed by atoms with Crippen LogP contribution in [0.1, 0.15) is 71.1 Å². The third-order valence-electron chi connectivity index (χ3n) is 6.33. The molecule has 166 valence electrons. The third kappa shape index (κ3) is 5.98. The number of esters is 1. The molecule has 0 amide bonds. The van der Waals surface area contributed by atoms with Gasteiger partial charge in [-0.15, -0.1) is 0 Å². The van der Waals surface area contributed by atoms with Crippen LogP contribution in [0.3, 0.4) is 0 Å². The Morgan fingerprint density at radius 3 is 2.86 bits per heavy atom. The van der Waals surface area contributed by atoms with E-state index >= 15 is 0 Å². The molecule has 1 saturated carbocycles. The number of rotatable bonds is 10. The van der Waals surface area contributed by atoms with Crippen LogP contribution >= 0.6 is 0 Å². The molecule has 3 fully saturated rings. The number of ether oxygens (including phenoxy) is 3. The summed E-state index contributed by atoms with van der Waals surface area (Å²) >= 11 is 0. The highest BCUT2D eigenvalue weighted by Gasteiger charge is 2.50. The topological polar surface area (TPSA) is 65.0 Å². The first kappa shape index (κ1) is 22.6. The minimum Gasteiger partial charge on any atom is -0.462 e. The summed E-state index contributed by atoms with van der Waals surface area (Å²) in [6.07, 6.45) is 6.50. The summed E-state index contributed by atoms with van der Waals surface area (Å²) in [6.45, 7) is 2.68. The first-order valence-corrected chi connectivity index (χ1v) is 11.1. The lowest BCUT2D eigenvalue weighted by molar-refractivity contribution is -0.194. The van der Waals surface area contributed by atoms with Crippen molar-refractivity contribution in [1.29, 1.82) is 0 Å². The first-order chi connectivity index (χ1) is 13.9. The van der Waals surface area contributed by atoms with Crippen LogP contribution in [0.25, 0.3) is 0 Å². The Labute approximate surface area is 171 Å². The molecule has 0 aromatic heterocycles. The van der Waals surface area contributed by atoms with E-state index in [1.54, 1.807) is 6.08 Å². The quantitative estimate of drug-likeness (QED) is 0.325. The van der Waals surface area contributed by atoms with Crippen molar-refractivity contribution >= 4 is 5.97 Å². The van der Waals surface area contributed by atoms with Crippen LogP contribution in [0.15, 0.2) is 12.2 Å². The lowest BCUT2D eigenvalue weighted by atomic mass is 9.90. The number of aliphatic hydroxyl groups excluding tert-OH is 1. The SMILES string of the molecule is CCCCCCC(F)(F)C(O)/C=C/[C@H]1C(OC2CCCCO2)CC2OC(=O)CC21. The molecule has 2 heterocycles. The molecule has 0 spiro atoms. The smallest absolute Gasteiger partial charge is 0.306 e. The third-order valence-corrected chi connectivity index (χ3v) is 6.33. The Kier molecular flexibility index (Phi) is 8.05. The molecule has 2 saturated heterocycles. The zero-order valence-electron chi connectivity index (χ0n) is 17.2. The maximum atomic E-state index is 14.3. The number of hydrogen-bond donors (Lipinski definition) is 1. The number of aliphatic hydroxyl groups is 1. The van der Waals surface area contributed by atoms with Gasteiger partial charge in [0.15, 0.2) is 6.29 Å². The molecule has 5 unspecified atom stereocenters. The van der Waals surface area contributed by atoms with Crippen molar-refractivity contribution in [2.75, 3.05) is 6.61 Å². The molecule has 5 nitrogen and oxygen atoms in total. The average molecular weight is 417 g/mol. The summed E-state index contributed by atoms with van der Waals surface area (Å²) < 4.78 is 45.7. The highest BCUT2D eigenvalue weighted by atomic mass is 19.3. The van der Waals surface area contributed by atoms with Crippen molar-refractivity contribution in [1.82, 2.24) is 0 Å². The van der Waals surface area contributed by atoms with E-state index < -0.39 is 12.0 Å². The lowest BCUT2D eigenvalue weighted by Gasteiger charge is -2.29. The molecular formula is C22H34F2O5. The highest BCUT2D eigenvalue weighted by Crippen LogP contribution is 2.44. The number of carbonyl (C=O) groups is 1. The van der Waals surface area contributed by atoms with Crippen molar-refractivity contribution in [3.05, 3.63) is 12.2 Å². The number of unbranched alkanes of at least 4 members (excludes halogenated alkanes) is 3. The fourth-order valence-corrected chi connectivity index (χ4v) is 4.63. The molecule has 3 aliphatic rings. The minimum atomic E-state index is -3.16. The fraction of sp³-hybridized carbons (Fsp3) is 0.864. The van der Waals surface area contributed by atoms with Crippen LogP contribution < -0.4 is 0 Å². The molecule has 6 atom stereocenters. The second kappa shape index (κ2) is 10.3. The first-order valence-electron chi connectivity index (χ1n) is 11.1. The van der Waals surface area contributed by atoms with Crippen molar-refractivity contribution < 1.29 is 32.9 Å². The lowest BCUT2D eigenvalue weighted by Crippen LogP contribution is -2.33. The predicted molar refractivity (Wildman–Crippen MR) is 103 cm³/mol. The Morgan fingerprint density at radius 1 is 1.31 bits per heavy atom. The number of fused-ring (bicyclic) bond motifs is 1. The molecule has 2 aliphatic heterocycles. The maximum Gasteiger partial charge on any atom is 0.306 e. The van der Waals surface area contributed by atoms with E-state index in [1.807, 2.05) is 6.92 Å². The summed E-state index contributed by atoms with van der Waals surface area (Å²) in [4.78, 5) is 11.7. The second-order valence-electron chi connectivity index (χ2n) is 8.58.